The number of rotatable bonds is 3. The molecule has 1 heterocycles. The van der Waals surface area contributed by atoms with E-state index < -0.39 is 0 Å². The average molecular weight is 279 g/mol. The lowest BCUT2D eigenvalue weighted by Gasteiger charge is -2.28. The Labute approximate surface area is 126 Å². The van der Waals surface area contributed by atoms with Crippen molar-refractivity contribution in [1.29, 1.82) is 0 Å². The van der Waals surface area contributed by atoms with Gasteiger partial charge in [-0.1, -0.05) is 42.5 Å². The first-order valence-electron chi connectivity index (χ1n) is 7.64. The first-order chi connectivity index (χ1) is 10.3. The summed E-state index contributed by atoms with van der Waals surface area (Å²) in [5.74, 6) is 0.318. The zero-order valence-corrected chi connectivity index (χ0v) is 12.2. The molecule has 1 N–H and O–H groups in total. The van der Waals surface area contributed by atoms with Crippen LogP contribution in [-0.2, 0) is 0 Å². The zero-order valence-electron chi connectivity index (χ0n) is 12.2. The first kappa shape index (κ1) is 13.7. The Hall–Kier alpha value is -2.22. The second-order valence-corrected chi connectivity index (χ2v) is 5.53. The van der Waals surface area contributed by atoms with Crippen LogP contribution in [0.4, 0.5) is 5.69 Å². The van der Waals surface area contributed by atoms with Gasteiger partial charge in [0.05, 0.1) is 0 Å². The summed E-state index contributed by atoms with van der Waals surface area (Å²) in [6.45, 7) is 2.35. The van der Waals surface area contributed by atoms with Crippen LogP contribution >= 0.6 is 0 Å². The molecule has 2 aromatic rings. The standard InChI is InChI=1S/C19H21NO/c21-19-7-3-2-6-17(19)11-8-16-9-12-18(13-10-16)20-14-4-1-5-15-20/h2-3,6-13,21H,1,4-5,14-15H2/b11-8+. The molecule has 1 aliphatic heterocycles. The van der Waals surface area contributed by atoms with E-state index in [9.17, 15) is 5.11 Å². The van der Waals surface area contributed by atoms with Crippen molar-refractivity contribution in [3.63, 3.8) is 0 Å². The molecule has 2 heteroatoms. The van der Waals surface area contributed by atoms with E-state index in [2.05, 4.69) is 29.2 Å². The normalized spacial score (nSPS) is 15.5. The monoisotopic (exact) mass is 279 g/mol. The molecule has 0 amide bonds. The molecule has 1 saturated heterocycles. The number of aromatic hydroxyl groups is 1. The van der Waals surface area contributed by atoms with Gasteiger partial charge in [-0.3, -0.25) is 0 Å². The van der Waals surface area contributed by atoms with Crippen LogP contribution in [0.2, 0.25) is 0 Å². The highest BCUT2D eigenvalue weighted by atomic mass is 16.3. The van der Waals surface area contributed by atoms with Crippen LogP contribution in [0.1, 0.15) is 30.4 Å². The van der Waals surface area contributed by atoms with Crippen molar-refractivity contribution in [2.24, 2.45) is 0 Å². The van der Waals surface area contributed by atoms with Crippen LogP contribution in [0, 0.1) is 0 Å². The minimum absolute atomic E-state index is 0.318. The van der Waals surface area contributed by atoms with Gasteiger partial charge >= 0.3 is 0 Å². The Morgan fingerprint density at radius 3 is 2.24 bits per heavy atom. The molecule has 0 bridgehead atoms. The summed E-state index contributed by atoms with van der Waals surface area (Å²) in [4.78, 5) is 2.46. The molecule has 1 aliphatic rings. The second-order valence-electron chi connectivity index (χ2n) is 5.53. The van der Waals surface area contributed by atoms with Crippen LogP contribution in [0.3, 0.4) is 0 Å². The quantitative estimate of drug-likeness (QED) is 0.833. The molecule has 0 saturated carbocycles. The van der Waals surface area contributed by atoms with Gasteiger partial charge in [-0.05, 0) is 43.0 Å². The van der Waals surface area contributed by atoms with E-state index in [0.29, 0.717) is 5.75 Å². The molecule has 2 aromatic carbocycles. The van der Waals surface area contributed by atoms with Crippen molar-refractivity contribution in [2.45, 2.75) is 19.3 Å². The number of benzene rings is 2. The van der Waals surface area contributed by atoms with Crippen LogP contribution < -0.4 is 4.90 Å². The largest absolute Gasteiger partial charge is 0.507 e. The number of phenolic OH excluding ortho intramolecular Hbond substituents is 1. The molecular weight excluding hydrogens is 258 g/mol. The van der Waals surface area contributed by atoms with E-state index in [4.69, 9.17) is 0 Å². The molecule has 108 valence electrons. The number of hydrogen-bond acceptors (Lipinski definition) is 2. The van der Waals surface area contributed by atoms with E-state index in [1.807, 2.05) is 30.4 Å². The fourth-order valence-corrected chi connectivity index (χ4v) is 2.76. The third-order valence-electron chi connectivity index (χ3n) is 4.01. The Balaban J connectivity index is 1.71. The molecule has 21 heavy (non-hydrogen) atoms. The predicted octanol–water partition coefficient (Wildman–Crippen LogP) is 4.55. The molecule has 1 fully saturated rings. The SMILES string of the molecule is Oc1ccccc1/C=C/c1ccc(N2CCCCC2)cc1. The van der Waals surface area contributed by atoms with Gasteiger partial charge in [0.1, 0.15) is 5.75 Å². The zero-order chi connectivity index (χ0) is 14.5. The third kappa shape index (κ3) is 3.46. The Bertz CT molecular complexity index is 610. The van der Waals surface area contributed by atoms with Crippen LogP contribution in [0.25, 0.3) is 12.2 Å². The van der Waals surface area contributed by atoms with Gasteiger partial charge in [-0.25, -0.2) is 0 Å². The summed E-state index contributed by atoms with van der Waals surface area (Å²) in [5.41, 5.74) is 3.31. The number of hydrogen-bond donors (Lipinski definition) is 1. The van der Waals surface area contributed by atoms with Crippen LogP contribution in [0.5, 0.6) is 5.75 Å². The van der Waals surface area contributed by atoms with E-state index in [0.717, 1.165) is 11.1 Å². The van der Waals surface area contributed by atoms with E-state index >= 15 is 0 Å². The topological polar surface area (TPSA) is 23.5 Å². The maximum absolute atomic E-state index is 9.74. The van der Waals surface area contributed by atoms with E-state index in [-0.39, 0.29) is 0 Å². The fraction of sp³-hybridized carbons (Fsp3) is 0.263. The predicted molar refractivity (Wildman–Crippen MR) is 89.5 cm³/mol. The molecule has 0 spiro atoms. The van der Waals surface area contributed by atoms with Crippen LogP contribution in [0.15, 0.2) is 48.5 Å². The van der Waals surface area contributed by atoms with Crippen molar-refractivity contribution >= 4 is 17.8 Å². The Kier molecular flexibility index (Phi) is 4.25. The van der Waals surface area contributed by atoms with Crippen molar-refractivity contribution in [2.75, 3.05) is 18.0 Å². The van der Waals surface area contributed by atoms with Gasteiger partial charge in [0, 0.05) is 24.3 Å². The Morgan fingerprint density at radius 1 is 0.810 bits per heavy atom. The highest BCUT2D eigenvalue weighted by molar-refractivity contribution is 5.73. The second kappa shape index (κ2) is 6.49. The minimum Gasteiger partial charge on any atom is -0.507 e. The number of anilines is 1. The molecule has 0 aromatic heterocycles. The highest BCUT2D eigenvalue weighted by Gasteiger charge is 2.09. The molecular formula is C19H21NO. The van der Waals surface area contributed by atoms with Gasteiger partial charge in [0.2, 0.25) is 0 Å². The Morgan fingerprint density at radius 2 is 1.52 bits per heavy atom. The number of piperidine rings is 1. The number of para-hydroxylation sites is 1. The van der Waals surface area contributed by atoms with Crippen molar-refractivity contribution in [3.8, 4) is 5.75 Å². The van der Waals surface area contributed by atoms with Gasteiger partial charge in [-0.2, -0.15) is 0 Å². The summed E-state index contributed by atoms with van der Waals surface area (Å²) in [5, 5.41) is 9.74. The van der Waals surface area contributed by atoms with Crippen LogP contribution in [-0.4, -0.2) is 18.2 Å². The van der Waals surface area contributed by atoms with E-state index in [1.54, 1.807) is 6.07 Å². The first-order valence-corrected chi connectivity index (χ1v) is 7.64. The van der Waals surface area contributed by atoms with Crippen molar-refractivity contribution in [3.05, 3.63) is 59.7 Å². The molecule has 2 nitrogen and oxygen atoms in total. The maximum Gasteiger partial charge on any atom is 0.122 e. The molecule has 0 radical (unpaired) electrons. The molecule has 0 unspecified atom stereocenters. The lowest BCUT2D eigenvalue weighted by molar-refractivity contribution is 0.474. The summed E-state index contributed by atoms with van der Waals surface area (Å²) < 4.78 is 0. The summed E-state index contributed by atoms with van der Waals surface area (Å²) >= 11 is 0. The van der Waals surface area contributed by atoms with Gasteiger partial charge < -0.3 is 10.0 Å². The van der Waals surface area contributed by atoms with Crippen molar-refractivity contribution < 1.29 is 5.11 Å². The lowest BCUT2D eigenvalue weighted by atomic mass is 10.1. The summed E-state index contributed by atoms with van der Waals surface area (Å²) in [6.07, 6.45) is 7.95. The van der Waals surface area contributed by atoms with E-state index in [1.165, 1.54) is 38.0 Å². The summed E-state index contributed by atoms with van der Waals surface area (Å²) in [6, 6.07) is 16.0. The smallest absolute Gasteiger partial charge is 0.122 e. The maximum atomic E-state index is 9.74. The minimum atomic E-state index is 0.318. The lowest BCUT2D eigenvalue weighted by Crippen LogP contribution is -2.29. The fourth-order valence-electron chi connectivity index (χ4n) is 2.76. The number of nitrogens with zero attached hydrogens (tertiary/aromatic N) is 1. The number of phenols is 1. The summed E-state index contributed by atoms with van der Waals surface area (Å²) in [7, 11) is 0. The third-order valence-corrected chi connectivity index (χ3v) is 4.01. The molecule has 0 aliphatic carbocycles. The molecule has 3 rings (SSSR count). The average Bonchev–Trinajstić information content (AvgIpc) is 2.55. The van der Waals surface area contributed by atoms with Gasteiger partial charge in [0.25, 0.3) is 0 Å². The van der Waals surface area contributed by atoms with Crippen molar-refractivity contribution in [1.82, 2.24) is 0 Å². The highest BCUT2D eigenvalue weighted by Crippen LogP contribution is 2.22. The van der Waals surface area contributed by atoms with Gasteiger partial charge in [0.15, 0.2) is 0 Å². The molecule has 0 atom stereocenters. The van der Waals surface area contributed by atoms with Gasteiger partial charge in [-0.15, -0.1) is 0 Å².